The third-order valence-electron chi connectivity index (χ3n) is 5.30. The maximum atomic E-state index is 6.33. The molecule has 131 valence electrons. The number of pyridine rings is 2. The molecule has 1 fully saturated rings. The third-order valence-corrected chi connectivity index (χ3v) is 5.57. The Kier molecular flexibility index (Phi) is 4.14. The Morgan fingerprint density at radius 1 is 0.778 bits per heavy atom. The summed E-state index contributed by atoms with van der Waals surface area (Å²) in [6.45, 7) is 0. The molecule has 0 aliphatic heterocycles. The highest BCUT2D eigenvalue weighted by Gasteiger charge is 2.20. The minimum absolute atomic E-state index is 0.440. The fourth-order valence-electron chi connectivity index (χ4n) is 3.63. The normalized spacial score (nSPS) is 14.3. The van der Waals surface area contributed by atoms with E-state index in [9.17, 15) is 0 Å². The Hall–Kier alpha value is -2.71. The van der Waals surface area contributed by atoms with Crippen molar-refractivity contribution in [3.05, 3.63) is 89.6 Å². The zero-order valence-electron chi connectivity index (χ0n) is 14.8. The molecule has 0 amide bonds. The molecule has 0 atom stereocenters. The second-order valence-electron chi connectivity index (χ2n) is 6.96. The van der Waals surface area contributed by atoms with Gasteiger partial charge in [0, 0.05) is 28.6 Å². The first-order valence-electron chi connectivity index (χ1n) is 9.26. The van der Waals surface area contributed by atoms with Gasteiger partial charge in [-0.15, -0.1) is 0 Å². The van der Waals surface area contributed by atoms with Gasteiger partial charge >= 0.3 is 0 Å². The molecule has 2 aromatic carbocycles. The fourth-order valence-corrected chi connectivity index (χ4v) is 3.84. The van der Waals surface area contributed by atoms with Crippen LogP contribution in [0.5, 0.6) is 0 Å². The number of fused-ring (bicyclic) bond motifs is 1. The average molecular weight is 370 g/mol. The second kappa shape index (κ2) is 6.79. The van der Waals surface area contributed by atoms with E-state index >= 15 is 0 Å². The summed E-state index contributed by atoms with van der Waals surface area (Å²) < 4.78 is 0. The van der Waals surface area contributed by atoms with Crippen LogP contribution in [0.2, 0.25) is 5.15 Å². The van der Waals surface area contributed by atoms with E-state index in [1.54, 1.807) is 12.1 Å². The Labute approximate surface area is 163 Å². The van der Waals surface area contributed by atoms with Crippen molar-refractivity contribution in [1.82, 2.24) is 9.97 Å². The zero-order valence-corrected chi connectivity index (χ0v) is 15.6. The topological polar surface area (TPSA) is 25.8 Å². The number of hydrogen-bond acceptors (Lipinski definition) is 2. The van der Waals surface area contributed by atoms with Crippen LogP contribution in [0.15, 0.2) is 72.9 Å². The summed E-state index contributed by atoms with van der Waals surface area (Å²) in [4.78, 5) is 9.13. The van der Waals surface area contributed by atoms with Gasteiger partial charge < -0.3 is 0 Å². The van der Waals surface area contributed by atoms with E-state index in [4.69, 9.17) is 16.6 Å². The fraction of sp³-hybridized carbons (Fsp3) is 0.125. The highest BCUT2D eigenvalue weighted by atomic mass is 35.5. The lowest BCUT2D eigenvalue weighted by molar-refractivity contribution is 0.577. The van der Waals surface area contributed by atoms with Crippen LogP contribution in [0.25, 0.3) is 33.3 Å². The summed E-state index contributed by atoms with van der Waals surface area (Å²) in [5.74, 6) is 1.56. The summed E-state index contributed by atoms with van der Waals surface area (Å²) in [5.41, 5.74) is 6.38. The first-order chi connectivity index (χ1) is 13.3. The summed E-state index contributed by atoms with van der Waals surface area (Å²) in [6.07, 6.45) is 5.49. The van der Waals surface area contributed by atoms with Gasteiger partial charge in [0.25, 0.3) is 0 Å². The standard InChI is InChI=1S/C24H18ClN2/c25-24-23-20(13-14-26-24)15-21(18-5-2-1-3-6-18)22(27-23)19-11-9-17(10-12-19)16-7-4-8-16/h1-3,5-6,9-15H,4,7-8H2. The summed E-state index contributed by atoms with van der Waals surface area (Å²) in [7, 11) is 0. The van der Waals surface area contributed by atoms with Crippen LogP contribution in [0, 0.1) is 5.92 Å². The Morgan fingerprint density at radius 3 is 2.22 bits per heavy atom. The molecule has 1 radical (unpaired) electrons. The van der Waals surface area contributed by atoms with Crippen LogP contribution in [-0.2, 0) is 0 Å². The smallest absolute Gasteiger partial charge is 0.155 e. The molecule has 27 heavy (non-hydrogen) atoms. The highest BCUT2D eigenvalue weighted by Crippen LogP contribution is 2.38. The van der Waals surface area contributed by atoms with Crippen molar-refractivity contribution in [1.29, 1.82) is 0 Å². The van der Waals surface area contributed by atoms with Crippen molar-refractivity contribution in [3.63, 3.8) is 0 Å². The molecule has 3 heteroatoms. The van der Waals surface area contributed by atoms with Gasteiger partial charge in [-0.2, -0.15) is 0 Å². The minimum atomic E-state index is 0.440. The van der Waals surface area contributed by atoms with Gasteiger partial charge in [0.2, 0.25) is 0 Å². The minimum Gasteiger partial charge on any atom is -0.244 e. The molecule has 2 aromatic heterocycles. The summed E-state index contributed by atoms with van der Waals surface area (Å²) in [6, 6.07) is 23.3. The van der Waals surface area contributed by atoms with Crippen molar-refractivity contribution < 1.29 is 0 Å². The van der Waals surface area contributed by atoms with Crippen molar-refractivity contribution >= 4 is 22.5 Å². The Bertz CT molecular complexity index is 1100. The average Bonchev–Trinajstić information content (AvgIpc) is 2.67. The van der Waals surface area contributed by atoms with Gasteiger partial charge in [0.1, 0.15) is 5.52 Å². The molecular weight excluding hydrogens is 352 g/mol. The number of hydrogen-bond donors (Lipinski definition) is 0. The molecule has 2 nitrogen and oxygen atoms in total. The van der Waals surface area contributed by atoms with Crippen molar-refractivity contribution in [3.8, 4) is 22.4 Å². The SMILES string of the molecule is Clc1nccc2cc(-c3ccccc3)c(-c3ccc([C]4CCC4)cc3)nc12. The third kappa shape index (κ3) is 3.00. The first-order valence-corrected chi connectivity index (χ1v) is 9.63. The number of benzene rings is 2. The molecule has 0 bridgehead atoms. The Morgan fingerprint density at radius 2 is 1.52 bits per heavy atom. The molecule has 0 saturated heterocycles. The van der Waals surface area contributed by atoms with Gasteiger partial charge in [-0.1, -0.05) is 72.6 Å². The van der Waals surface area contributed by atoms with E-state index < -0.39 is 0 Å². The lowest BCUT2D eigenvalue weighted by atomic mass is 9.80. The number of aromatic nitrogens is 2. The monoisotopic (exact) mass is 369 g/mol. The Balaban J connectivity index is 1.70. The highest BCUT2D eigenvalue weighted by molar-refractivity contribution is 6.33. The van der Waals surface area contributed by atoms with E-state index in [1.165, 1.54) is 24.8 Å². The number of rotatable bonds is 3. The molecule has 2 heterocycles. The van der Waals surface area contributed by atoms with Gasteiger partial charge in [-0.3, -0.25) is 0 Å². The molecule has 4 aromatic rings. The summed E-state index contributed by atoms with van der Waals surface area (Å²) in [5, 5.41) is 1.44. The molecule has 1 saturated carbocycles. The van der Waals surface area contributed by atoms with E-state index in [1.807, 2.05) is 12.1 Å². The molecule has 0 unspecified atom stereocenters. The largest absolute Gasteiger partial charge is 0.244 e. The number of nitrogens with zero attached hydrogens (tertiary/aromatic N) is 2. The zero-order chi connectivity index (χ0) is 18.2. The lowest BCUT2D eigenvalue weighted by Gasteiger charge is -2.25. The molecule has 0 N–H and O–H groups in total. The summed E-state index contributed by atoms with van der Waals surface area (Å²) >= 11 is 6.33. The van der Waals surface area contributed by atoms with Crippen molar-refractivity contribution in [2.45, 2.75) is 19.3 Å². The van der Waals surface area contributed by atoms with Crippen molar-refractivity contribution in [2.24, 2.45) is 0 Å². The van der Waals surface area contributed by atoms with Crippen LogP contribution in [-0.4, -0.2) is 9.97 Å². The maximum Gasteiger partial charge on any atom is 0.155 e. The van der Waals surface area contributed by atoms with Gasteiger partial charge in [-0.25, -0.2) is 9.97 Å². The van der Waals surface area contributed by atoms with Gasteiger partial charge in [0.15, 0.2) is 5.15 Å². The maximum absolute atomic E-state index is 6.33. The van der Waals surface area contributed by atoms with E-state index in [2.05, 4.69) is 59.6 Å². The van der Waals surface area contributed by atoms with Crippen LogP contribution >= 0.6 is 11.6 Å². The first kappa shape index (κ1) is 16.5. The number of halogens is 1. The van der Waals surface area contributed by atoms with Crippen LogP contribution in [0.3, 0.4) is 0 Å². The molecule has 0 spiro atoms. The van der Waals surface area contributed by atoms with E-state index in [0.717, 1.165) is 33.3 Å². The molecule has 5 rings (SSSR count). The van der Waals surface area contributed by atoms with Crippen LogP contribution in [0.4, 0.5) is 0 Å². The lowest BCUT2D eigenvalue weighted by Crippen LogP contribution is -2.09. The predicted molar refractivity (Wildman–Crippen MR) is 112 cm³/mol. The molecule has 1 aliphatic rings. The van der Waals surface area contributed by atoms with Crippen molar-refractivity contribution in [2.75, 3.05) is 0 Å². The quantitative estimate of drug-likeness (QED) is 0.374. The molecule has 1 aliphatic carbocycles. The van der Waals surface area contributed by atoms with Gasteiger partial charge in [-0.05, 0) is 36.1 Å². The van der Waals surface area contributed by atoms with E-state index in [-0.39, 0.29) is 0 Å². The second-order valence-corrected chi connectivity index (χ2v) is 7.32. The predicted octanol–water partition coefficient (Wildman–Crippen LogP) is 6.72. The van der Waals surface area contributed by atoms with E-state index in [0.29, 0.717) is 5.15 Å². The van der Waals surface area contributed by atoms with Crippen LogP contribution < -0.4 is 0 Å². The van der Waals surface area contributed by atoms with Gasteiger partial charge in [0.05, 0.1) is 5.69 Å². The van der Waals surface area contributed by atoms with Crippen LogP contribution in [0.1, 0.15) is 24.8 Å². The molecular formula is C24H18ClN2.